The van der Waals surface area contributed by atoms with Crippen LogP contribution in [0.4, 0.5) is 0 Å². The molecule has 1 unspecified atom stereocenters. The molecular formula is C13H15ClN2O. The van der Waals surface area contributed by atoms with Crippen LogP contribution in [0.25, 0.3) is 0 Å². The van der Waals surface area contributed by atoms with Crippen LogP contribution in [-0.2, 0) is 7.05 Å². The quantitative estimate of drug-likeness (QED) is 0.908. The number of hydrogen-bond donors (Lipinski definition) is 1. The minimum atomic E-state index is 0.0901. The minimum Gasteiger partial charge on any atom is -0.508 e. The lowest BCUT2D eigenvalue weighted by atomic mass is 9.95. The number of aromatic nitrogens is 2. The number of aryl methyl sites for hydroxylation is 1. The number of rotatable bonds is 3. The predicted octanol–water partition coefficient (Wildman–Crippen LogP) is 3.32. The number of phenols is 1. The van der Waals surface area contributed by atoms with Gasteiger partial charge in [-0.05, 0) is 18.6 Å². The number of hydrogen-bond acceptors (Lipinski definition) is 2. The summed E-state index contributed by atoms with van der Waals surface area (Å²) in [5.41, 5.74) is 0.867. The summed E-state index contributed by atoms with van der Waals surface area (Å²) in [6.45, 7) is 2.08. The molecule has 1 aromatic carbocycles. The highest BCUT2D eigenvalue weighted by molar-refractivity contribution is 6.30. The zero-order valence-electron chi connectivity index (χ0n) is 9.89. The van der Waals surface area contributed by atoms with Gasteiger partial charge in [0.1, 0.15) is 11.6 Å². The van der Waals surface area contributed by atoms with E-state index in [2.05, 4.69) is 11.9 Å². The van der Waals surface area contributed by atoms with E-state index in [0.717, 1.165) is 17.8 Å². The maximum atomic E-state index is 9.96. The van der Waals surface area contributed by atoms with Gasteiger partial charge in [-0.2, -0.15) is 0 Å². The Labute approximate surface area is 106 Å². The molecule has 1 heterocycles. The Bertz CT molecular complexity index is 522. The summed E-state index contributed by atoms with van der Waals surface area (Å²) in [5.74, 6) is 1.27. The highest BCUT2D eigenvalue weighted by Gasteiger charge is 2.19. The van der Waals surface area contributed by atoms with Crippen LogP contribution in [0, 0.1) is 0 Å². The van der Waals surface area contributed by atoms with Gasteiger partial charge in [-0.3, -0.25) is 0 Å². The summed E-state index contributed by atoms with van der Waals surface area (Å²) in [5, 5.41) is 10.5. The van der Waals surface area contributed by atoms with Crippen molar-refractivity contribution in [3.8, 4) is 5.75 Å². The van der Waals surface area contributed by atoms with E-state index in [-0.39, 0.29) is 11.7 Å². The van der Waals surface area contributed by atoms with E-state index >= 15 is 0 Å². The van der Waals surface area contributed by atoms with E-state index in [9.17, 15) is 5.11 Å². The summed E-state index contributed by atoms with van der Waals surface area (Å²) in [4.78, 5) is 4.35. The Morgan fingerprint density at radius 3 is 2.76 bits per heavy atom. The molecule has 0 aliphatic rings. The molecule has 2 rings (SSSR count). The van der Waals surface area contributed by atoms with E-state index < -0.39 is 0 Å². The van der Waals surface area contributed by atoms with Crippen LogP contribution in [0.15, 0.2) is 30.6 Å². The van der Waals surface area contributed by atoms with Gasteiger partial charge in [0, 0.05) is 35.9 Å². The highest BCUT2D eigenvalue weighted by Crippen LogP contribution is 2.34. The van der Waals surface area contributed by atoms with Gasteiger partial charge in [0.25, 0.3) is 0 Å². The number of benzene rings is 1. The molecule has 4 heteroatoms. The van der Waals surface area contributed by atoms with E-state index in [1.54, 1.807) is 18.3 Å². The van der Waals surface area contributed by atoms with E-state index in [4.69, 9.17) is 11.6 Å². The Morgan fingerprint density at radius 1 is 1.47 bits per heavy atom. The first kappa shape index (κ1) is 12.0. The third kappa shape index (κ3) is 2.29. The van der Waals surface area contributed by atoms with E-state index in [1.807, 2.05) is 23.9 Å². The first-order valence-corrected chi connectivity index (χ1v) is 5.97. The van der Waals surface area contributed by atoms with Crippen LogP contribution in [-0.4, -0.2) is 14.7 Å². The highest BCUT2D eigenvalue weighted by atomic mass is 35.5. The molecule has 0 aliphatic carbocycles. The number of phenolic OH excluding ortho intramolecular Hbond substituents is 1. The van der Waals surface area contributed by atoms with Crippen LogP contribution in [0.3, 0.4) is 0 Å². The fraction of sp³-hybridized carbons (Fsp3) is 0.308. The molecule has 3 nitrogen and oxygen atoms in total. The van der Waals surface area contributed by atoms with Crippen molar-refractivity contribution in [2.24, 2.45) is 7.05 Å². The Morgan fingerprint density at radius 2 is 2.24 bits per heavy atom. The number of imidazole rings is 1. The van der Waals surface area contributed by atoms with Gasteiger partial charge in [0.05, 0.1) is 0 Å². The van der Waals surface area contributed by atoms with Crippen LogP contribution >= 0.6 is 11.6 Å². The maximum absolute atomic E-state index is 9.96. The molecule has 0 bridgehead atoms. The SMILES string of the molecule is CCC(c1ccc(Cl)cc1O)c1nccn1C. The lowest BCUT2D eigenvalue weighted by molar-refractivity contribution is 0.461. The van der Waals surface area contributed by atoms with Crippen molar-refractivity contribution < 1.29 is 5.11 Å². The van der Waals surface area contributed by atoms with Crippen molar-refractivity contribution in [3.05, 3.63) is 47.0 Å². The van der Waals surface area contributed by atoms with Gasteiger partial charge in [-0.25, -0.2) is 4.98 Å². The number of halogens is 1. The molecule has 0 fully saturated rings. The summed E-state index contributed by atoms with van der Waals surface area (Å²) in [6, 6.07) is 5.23. The van der Waals surface area contributed by atoms with Crippen LogP contribution in [0.2, 0.25) is 5.02 Å². The van der Waals surface area contributed by atoms with Crippen molar-refractivity contribution in [1.29, 1.82) is 0 Å². The summed E-state index contributed by atoms with van der Waals surface area (Å²) >= 11 is 5.84. The normalized spacial score (nSPS) is 12.6. The number of aromatic hydroxyl groups is 1. The van der Waals surface area contributed by atoms with Gasteiger partial charge in [-0.1, -0.05) is 24.6 Å². The molecular weight excluding hydrogens is 236 g/mol. The molecule has 0 saturated carbocycles. The van der Waals surface area contributed by atoms with Crippen molar-refractivity contribution in [2.45, 2.75) is 19.3 Å². The van der Waals surface area contributed by atoms with Crippen molar-refractivity contribution in [1.82, 2.24) is 9.55 Å². The third-order valence-electron chi connectivity index (χ3n) is 2.95. The average Bonchev–Trinajstić information content (AvgIpc) is 2.69. The molecule has 0 amide bonds. The first-order valence-electron chi connectivity index (χ1n) is 5.59. The van der Waals surface area contributed by atoms with Gasteiger partial charge < -0.3 is 9.67 Å². The zero-order valence-corrected chi connectivity index (χ0v) is 10.6. The second kappa shape index (κ2) is 4.80. The van der Waals surface area contributed by atoms with Crippen molar-refractivity contribution in [2.75, 3.05) is 0 Å². The Kier molecular flexibility index (Phi) is 3.38. The molecule has 17 heavy (non-hydrogen) atoms. The fourth-order valence-corrected chi connectivity index (χ4v) is 2.23. The standard InChI is InChI=1S/C13H15ClN2O/c1-3-10(13-15-6-7-16(13)2)11-5-4-9(14)8-12(11)17/h4-8,10,17H,3H2,1-2H3. The molecule has 90 valence electrons. The Balaban J connectivity index is 2.46. The van der Waals surface area contributed by atoms with Crippen LogP contribution in [0.1, 0.15) is 30.7 Å². The molecule has 0 saturated heterocycles. The first-order chi connectivity index (χ1) is 8.13. The number of nitrogens with zero attached hydrogens (tertiary/aromatic N) is 2. The zero-order chi connectivity index (χ0) is 12.4. The average molecular weight is 251 g/mol. The summed E-state index contributed by atoms with van der Waals surface area (Å²) < 4.78 is 1.97. The van der Waals surface area contributed by atoms with Crippen LogP contribution in [0.5, 0.6) is 5.75 Å². The topological polar surface area (TPSA) is 38.1 Å². The lowest BCUT2D eigenvalue weighted by Gasteiger charge is -2.16. The van der Waals surface area contributed by atoms with Gasteiger partial charge in [0.15, 0.2) is 0 Å². The van der Waals surface area contributed by atoms with Crippen LogP contribution < -0.4 is 0 Å². The largest absolute Gasteiger partial charge is 0.508 e. The lowest BCUT2D eigenvalue weighted by Crippen LogP contribution is -2.07. The molecule has 2 aromatic rings. The summed E-state index contributed by atoms with van der Waals surface area (Å²) in [6.07, 6.45) is 4.55. The molecule has 1 atom stereocenters. The van der Waals surface area contributed by atoms with Crippen molar-refractivity contribution >= 4 is 11.6 Å². The van der Waals surface area contributed by atoms with Gasteiger partial charge >= 0.3 is 0 Å². The summed E-state index contributed by atoms with van der Waals surface area (Å²) in [7, 11) is 1.96. The predicted molar refractivity (Wildman–Crippen MR) is 68.5 cm³/mol. The molecule has 1 N–H and O–H groups in total. The monoisotopic (exact) mass is 250 g/mol. The smallest absolute Gasteiger partial charge is 0.120 e. The minimum absolute atomic E-state index is 0.0901. The second-order valence-corrected chi connectivity index (χ2v) is 4.50. The maximum Gasteiger partial charge on any atom is 0.120 e. The molecule has 0 spiro atoms. The van der Waals surface area contributed by atoms with E-state index in [0.29, 0.717) is 5.02 Å². The van der Waals surface area contributed by atoms with Gasteiger partial charge in [-0.15, -0.1) is 0 Å². The molecule has 0 radical (unpaired) electrons. The third-order valence-corrected chi connectivity index (χ3v) is 3.18. The second-order valence-electron chi connectivity index (χ2n) is 4.06. The van der Waals surface area contributed by atoms with E-state index in [1.165, 1.54) is 0 Å². The Hall–Kier alpha value is -1.48. The van der Waals surface area contributed by atoms with Gasteiger partial charge in [0.2, 0.25) is 0 Å². The molecule has 0 aliphatic heterocycles. The molecule has 1 aromatic heterocycles. The van der Waals surface area contributed by atoms with Crippen molar-refractivity contribution in [3.63, 3.8) is 0 Å². The fourth-order valence-electron chi connectivity index (χ4n) is 2.07.